The van der Waals surface area contributed by atoms with E-state index in [1.807, 2.05) is 47.2 Å². The van der Waals surface area contributed by atoms with Gasteiger partial charge in [0, 0.05) is 41.6 Å². The number of nitrogens with one attached hydrogen (secondary N) is 2. The molecule has 3 N–H and O–H groups in total. The molecule has 0 radical (unpaired) electrons. The Balaban J connectivity index is 1.77. The summed E-state index contributed by atoms with van der Waals surface area (Å²) in [4.78, 5) is 22.7. The third-order valence-corrected chi connectivity index (χ3v) is 4.05. The number of benzene rings is 1. The van der Waals surface area contributed by atoms with Crippen molar-refractivity contribution in [1.29, 1.82) is 0 Å². The van der Waals surface area contributed by atoms with Crippen molar-refractivity contribution in [3.8, 4) is 5.69 Å². The van der Waals surface area contributed by atoms with Gasteiger partial charge in [-0.2, -0.15) is 0 Å². The monoisotopic (exact) mass is 375 g/mol. The summed E-state index contributed by atoms with van der Waals surface area (Å²) < 4.78 is 1.96. The van der Waals surface area contributed by atoms with Crippen LogP contribution in [0.5, 0.6) is 0 Å². The average Bonchev–Trinajstić information content (AvgIpc) is 3.11. The van der Waals surface area contributed by atoms with Crippen molar-refractivity contribution in [3.05, 3.63) is 59.4 Å². The predicted octanol–water partition coefficient (Wildman–Crippen LogP) is 3.33. The summed E-state index contributed by atoms with van der Waals surface area (Å²) in [5.74, 6) is -0.553. The molecule has 0 aliphatic heterocycles. The largest absolute Gasteiger partial charge is 0.353 e. The summed E-state index contributed by atoms with van der Waals surface area (Å²) in [6.45, 7) is 0.544. The molecule has 0 saturated carbocycles. The molecule has 2 rings (SSSR count). The predicted molar refractivity (Wildman–Crippen MR) is 101 cm³/mol. The Morgan fingerprint density at radius 3 is 2.62 bits per heavy atom. The minimum Gasteiger partial charge on any atom is -0.353 e. The molecule has 1 heterocycles. The van der Waals surface area contributed by atoms with Crippen LogP contribution in [0.3, 0.4) is 0 Å². The number of halogens is 1. The molecule has 2 amide bonds. The van der Waals surface area contributed by atoms with E-state index in [0.29, 0.717) is 18.0 Å². The number of carbonyl (C=O) groups is 2. The molecule has 0 unspecified atom stereocenters. The Morgan fingerprint density at radius 1 is 1.12 bits per heavy atom. The topological polar surface area (TPSA) is 83.4 Å². The number of amides is 2. The first-order valence-corrected chi connectivity index (χ1v) is 8.80. The van der Waals surface area contributed by atoms with Crippen LogP contribution in [0.4, 0.5) is 0 Å². The molecular weight excluding hydrogens is 354 g/mol. The van der Waals surface area contributed by atoms with Gasteiger partial charge in [0.25, 0.3) is 0 Å². The lowest BCUT2D eigenvalue weighted by Crippen LogP contribution is -2.22. The maximum absolute atomic E-state index is 11.9. The average molecular weight is 376 g/mol. The van der Waals surface area contributed by atoms with E-state index in [0.717, 1.165) is 24.2 Å². The van der Waals surface area contributed by atoms with E-state index in [-0.39, 0.29) is 18.2 Å². The number of unbranched alkanes of at least 4 members (excludes halogenated alkanes) is 2. The van der Waals surface area contributed by atoms with E-state index in [1.165, 1.54) is 6.08 Å². The van der Waals surface area contributed by atoms with Crippen LogP contribution in [-0.4, -0.2) is 28.1 Å². The van der Waals surface area contributed by atoms with Gasteiger partial charge in [0.1, 0.15) is 0 Å². The summed E-state index contributed by atoms with van der Waals surface area (Å²) >= 11 is 5.91. The second-order valence-electron chi connectivity index (χ2n) is 5.75. The first kappa shape index (κ1) is 19.8. The third-order valence-electron chi connectivity index (χ3n) is 3.80. The number of aromatic nitrogens is 1. The van der Waals surface area contributed by atoms with Gasteiger partial charge in [-0.25, -0.2) is 5.48 Å². The van der Waals surface area contributed by atoms with Crippen molar-refractivity contribution in [2.75, 3.05) is 6.54 Å². The highest BCUT2D eigenvalue weighted by molar-refractivity contribution is 6.30. The molecule has 0 aliphatic rings. The van der Waals surface area contributed by atoms with Crippen molar-refractivity contribution in [2.24, 2.45) is 0 Å². The fourth-order valence-corrected chi connectivity index (χ4v) is 2.57. The van der Waals surface area contributed by atoms with Crippen molar-refractivity contribution in [3.63, 3.8) is 0 Å². The highest BCUT2D eigenvalue weighted by Crippen LogP contribution is 2.17. The maximum atomic E-state index is 11.9. The molecular formula is C19H22ClN3O3. The number of nitrogens with zero attached hydrogens (tertiary/aromatic N) is 1. The van der Waals surface area contributed by atoms with Crippen LogP contribution in [0, 0.1) is 0 Å². The van der Waals surface area contributed by atoms with Crippen molar-refractivity contribution in [2.45, 2.75) is 25.7 Å². The van der Waals surface area contributed by atoms with E-state index in [9.17, 15) is 9.59 Å². The van der Waals surface area contributed by atoms with Gasteiger partial charge in [-0.05, 0) is 55.3 Å². The molecule has 0 fully saturated rings. The Labute approximate surface area is 157 Å². The normalized spacial score (nSPS) is 10.8. The smallest absolute Gasteiger partial charge is 0.244 e. The molecule has 0 atom stereocenters. The number of hydrogen-bond donors (Lipinski definition) is 3. The molecule has 0 saturated heterocycles. The molecule has 7 heteroatoms. The third kappa shape index (κ3) is 6.38. The number of hydrogen-bond acceptors (Lipinski definition) is 3. The molecule has 0 spiro atoms. The SMILES string of the molecule is O=C(/C=C/c1cccn1-c1ccc(Cl)cc1)NCCCCCC(=O)NO. The second kappa shape index (κ2) is 10.4. The van der Waals surface area contributed by atoms with Crippen LogP contribution < -0.4 is 10.8 Å². The summed E-state index contributed by atoms with van der Waals surface area (Å²) in [5.41, 5.74) is 3.45. The van der Waals surface area contributed by atoms with E-state index in [4.69, 9.17) is 16.8 Å². The van der Waals surface area contributed by atoms with Crippen LogP contribution in [-0.2, 0) is 9.59 Å². The van der Waals surface area contributed by atoms with E-state index in [2.05, 4.69) is 5.32 Å². The first-order valence-electron chi connectivity index (χ1n) is 8.42. The number of hydroxylamine groups is 1. The van der Waals surface area contributed by atoms with Gasteiger partial charge >= 0.3 is 0 Å². The molecule has 1 aromatic heterocycles. The van der Waals surface area contributed by atoms with Gasteiger partial charge in [0.2, 0.25) is 11.8 Å². The quantitative estimate of drug-likeness (QED) is 0.272. The van der Waals surface area contributed by atoms with Gasteiger partial charge in [-0.1, -0.05) is 18.0 Å². The lowest BCUT2D eigenvalue weighted by atomic mass is 10.2. The zero-order valence-electron chi connectivity index (χ0n) is 14.3. The van der Waals surface area contributed by atoms with Gasteiger partial charge in [-0.3, -0.25) is 14.8 Å². The first-order chi connectivity index (χ1) is 12.6. The zero-order chi connectivity index (χ0) is 18.8. The van der Waals surface area contributed by atoms with Crippen LogP contribution in [0.15, 0.2) is 48.7 Å². The molecule has 6 nitrogen and oxygen atoms in total. The van der Waals surface area contributed by atoms with Crippen LogP contribution in [0.1, 0.15) is 31.4 Å². The van der Waals surface area contributed by atoms with Gasteiger partial charge in [0.15, 0.2) is 0 Å². The minimum absolute atomic E-state index is 0.165. The van der Waals surface area contributed by atoms with Crippen molar-refractivity contribution >= 4 is 29.5 Å². The zero-order valence-corrected chi connectivity index (χ0v) is 15.1. The fraction of sp³-hybridized carbons (Fsp3) is 0.263. The van der Waals surface area contributed by atoms with Crippen molar-refractivity contribution in [1.82, 2.24) is 15.4 Å². The van der Waals surface area contributed by atoms with Gasteiger partial charge in [0.05, 0.1) is 0 Å². The second-order valence-corrected chi connectivity index (χ2v) is 6.19. The van der Waals surface area contributed by atoms with Gasteiger partial charge in [-0.15, -0.1) is 0 Å². The van der Waals surface area contributed by atoms with Gasteiger partial charge < -0.3 is 9.88 Å². The number of carbonyl (C=O) groups excluding carboxylic acids is 2. The molecule has 26 heavy (non-hydrogen) atoms. The number of rotatable bonds is 9. The van der Waals surface area contributed by atoms with E-state index < -0.39 is 0 Å². The Bertz CT molecular complexity index is 754. The lowest BCUT2D eigenvalue weighted by molar-refractivity contribution is -0.129. The molecule has 2 aromatic rings. The summed E-state index contributed by atoms with van der Waals surface area (Å²) in [5, 5.41) is 11.9. The van der Waals surface area contributed by atoms with Crippen LogP contribution in [0.25, 0.3) is 11.8 Å². The van der Waals surface area contributed by atoms with Crippen molar-refractivity contribution < 1.29 is 14.8 Å². The molecule has 138 valence electrons. The van der Waals surface area contributed by atoms with E-state index >= 15 is 0 Å². The Morgan fingerprint density at radius 2 is 1.88 bits per heavy atom. The molecule has 0 bridgehead atoms. The summed E-state index contributed by atoms with van der Waals surface area (Å²) in [7, 11) is 0. The Kier molecular flexibility index (Phi) is 7.92. The molecule has 1 aromatic carbocycles. The maximum Gasteiger partial charge on any atom is 0.244 e. The Hall–Kier alpha value is -2.57. The lowest BCUT2D eigenvalue weighted by Gasteiger charge is -2.06. The standard InChI is InChI=1S/C19H22ClN3O3/c20-15-7-9-17(10-8-15)23-14-4-5-16(23)11-12-18(24)21-13-3-1-2-6-19(25)22-26/h4-5,7-12,14,26H,1-3,6,13H2,(H,21,24)(H,22,25)/b12-11+. The summed E-state index contributed by atoms with van der Waals surface area (Å²) in [6.07, 6.45) is 7.72. The highest BCUT2D eigenvalue weighted by atomic mass is 35.5. The highest BCUT2D eigenvalue weighted by Gasteiger charge is 2.02. The van der Waals surface area contributed by atoms with E-state index in [1.54, 1.807) is 11.6 Å². The summed E-state index contributed by atoms with van der Waals surface area (Å²) in [6, 6.07) is 11.3. The molecule has 0 aliphatic carbocycles. The van der Waals surface area contributed by atoms with Crippen LogP contribution >= 0.6 is 11.6 Å². The fourth-order valence-electron chi connectivity index (χ4n) is 2.44. The minimum atomic E-state index is -0.388. The van der Waals surface area contributed by atoms with Crippen LogP contribution in [0.2, 0.25) is 5.02 Å².